The fraction of sp³-hybridized carbons (Fsp3) is 0.273. The number of amides is 1. The highest BCUT2D eigenvalue weighted by molar-refractivity contribution is 6.12. The Kier molecular flexibility index (Phi) is 7.83. The van der Waals surface area contributed by atoms with Crippen LogP contribution < -0.4 is 11.1 Å². The Morgan fingerprint density at radius 3 is 2.03 bits per heavy atom. The van der Waals surface area contributed by atoms with Gasteiger partial charge in [-0.1, -0.05) is 60.7 Å². The number of hydrogen-bond donors (Lipinski definition) is 3. The summed E-state index contributed by atoms with van der Waals surface area (Å²) in [5.74, 6) is -3.80. The highest BCUT2D eigenvalue weighted by Crippen LogP contribution is 2.20. The molecule has 0 aliphatic heterocycles. The minimum atomic E-state index is -2.10. The Morgan fingerprint density at radius 2 is 1.53 bits per heavy atom. The first-order valence-electron chi connectivity index (χ1n) is 9.27. The van der Waals surface area contributed by atoms with Crippen molar-refractivity contribution in [2.24, 2.45) is 5.73 Å². The zero-order valence-corrected chi connectivity index (χ0v) is 16.5. The molecule has 0 heterocycles. The maximum absolute atomic E-state index is 13.1. The smallest absolute Gasteiger partial charge is 0.339 e. The molecule has 1 amide bonds. The normalized spacial score (nSPS) is 13.5. The van der Waals surface area contributed by atoms with Crippen molar-refractivity contribution in [2.45, 2.75) is 30.8 Å². The largest absolute Gasteiger partial charge is 0.480 e. The molecule has 0 aromatic heterocycles. The lowest BCUT2D eigenvalue weighted by atomic mass is 9.83. The van der Waals surface area contributed by atoms with Crippen LogP contribution in [-0.2, 0) is 36.8 Å². The van der Waals surface area contributed by atoms with E-state index in [0.29, 0.717) is 11.1 Å². The molecule has 0 aliphatic rings. The molecule has 2 rings (SSSR count). The molecule has 158 valence electrons. The third-order valence-corrected chi connectivity index (χ3v) is 4.60. The Morgan fingerprint density at radius 1 is 1.00 bits per heavy atom. The van der Waals surface area contributed by atoms with Crippen LogP contribution in [0.3, 0.4) is 0 Å². The van der Waals surface area contributed by atoms with Crippen LogP contribution in [0.2, 0.25) is 0 Å². The lowest BCUT2D eigenvalue weighted by Crippen LogP contribution is -2.63. The summed E-state index contributed by atoms with van der Waals surface area (Å²) in [6.45, 7) is 0. The molecule has 0 bridgehead atoms. The van der Waals surface area contributed by atoms with Gasteiger partial charge < -0.3 is 20.9 Å². The molecule has 0 spiro atoms. The summed E-state index contributed by atoms with van der Waals surface area (Å²) in [7, 11) is 1.09. The van der Waals surface area contributed by atoms with Crippen LogP contribution in [-0.4, -0.2) is 47.4 Å². The number of esters is 1. The zero-order chi connectivity index (χ0) is 22.1. The minimum Gasteiger partial charge on any atom is -0.480 e. The molecule has 8 nitrogen and oxygen atoms in total. The number of nitrogens with one attached hydrogen (secondary N) is 1. The first kappa shape index (κ1) is 22.8. The number of ether oxygens (including phenoxy) is 1. The first-order chi connectivity index (χ1) is 14.3. The van der Waals surface area contributed by atoms with Crippen molar-refractivity contribution in [1.29, 1.82) is 0 Å². The van der Waals surface area contributed by atoms with E-state index in [4.69, 9.17) is 15.6 Å². The van der Waals surface area contributed by atoms with Gasteiger partial charge in [0.2, 0.25) is 11.4 Å². The molecular weight excluding hydrogens is 388 g/mol. The van der Waals surface area contributed by atoms with Gasteiger partial charge in [0.1, 0.15) is 6.04 Å². The molecule has 0 aliphatic carbocycles. The molecule has 2 aromatic carbocycles. The van der Waals surface area contributed by atoms with Crippen molar-refractivity contribution in [3.05, 3.63) is 71.8 Å². The van der Waals surface area contributed by atoms with Gasteiger partial charge in [0, 0.05) is 12.8 Å². The number of carboxylic acids is 1. The maximum atomic E-state index is 13.1. The van der Waals surface area contributed by atoms with E-state index in [0.717, 1.165) is 7.11 Å². The van der Waals surface area contributed by atoms with Crippen LogP contribution in [0.25, 0.3) is 0 Å². The van der Waals surface area contributed by atoms with Gasteiger partial charge in [0.15, 0.2) is 5.78 Å². The summed E-state index contributed by atoms with van der Waals surface area (Å²) in [5.41, 5.74) is 4.68. The number of carboxylic acid groups (broad SMARTS) is 1. The SMILES string of the molecule is COC(=O)[C@](Cc1ccccc1)(NC(=O)Cc1ccccc1)C(=O)C[C@H](N)C(=O)O. The van der Waals surface area contributed by atoms with E-state index in [-0.39, 0.29) is 12.8 Å². The number of methoxy groups -OCH3 is 1. The van der Waals surface area contributed by atoms with Crippen molar-refractivity contribution in [2.75, 3.05) is 7.11 Å². The van der Waals surface area contributed by atoms with Crippen LogP contribution in [0.15, 0.2) is 60.7 Å². The van der Waals surface area contributed by atoms with E-state index in [1.54, 1.807) is 60.7 Å². The highest BCUT2D eigenvalue weighted by atomic mass is 16.5. The molecule has 0 radical (unpaired) electrons. The number of benzene rings is 2. The molecule has 0 fully saturated rings. The van der Waals surface area contributed by atoms with E-state index in [2.05, 4.69) is 5.32 Å². The number of ketones is 1. The average Bonchev–Trinajstić information content (AvgIpc) is 2.73. The van der Waals surface area contributed by atoms with E-state index in [1.165, 1.54) is 0 Å². The highest BCUT2D eigenvalue weighted by Gasteiger charge is 2.48. The Hall–Kier alpha value is -3.52. The fourth-order valence-corrected chi connectivity index (χ4v) is 3.05. The monoisotopic (exact) mass is 412 g/mol. The van der Waals surface area contributed by atoms with Crippen LogP contribution in [0.1, 0.15) is 17.5 Å². The first-order valence-corrected chi connectivity index (χ1v) is 9.27. The van der Waals surface area contributed by atoms with E-state index >= 15 is 0 Å². The predicted molar refractivity (Wildman–Crippen MR) is 108 cm³/mol. The molecular formula is C22H24N2O6. The molecule has 0 saturated carbocycles. The van der Waals surface area contributed by atoms with Crippen molar-refractivity contribution < 1.29 is 29.0 Å². The van der Waals surface area contributed by atoms with Gasteiger partial charge in [0.05, 0.1) is 13.5 Å². The quantitative estimate of drug-likeness (QED) is 0.389. The molecule has 4 N–H and O–H groups in total. The Balaban J connectivity index is 2.40. The lowest BCUT2D eigenvalue weighted by Gasteiger charge is -2.31. The summed E-state index contributed by atoms with van der Waals surface area (Å²) >= 11 is 0. The third kappa shape index (κ3) is 5.74. The van der Waals surface area contributed by atoms with E-state index in [9.17, 15) is 19.2 Å². The average molecular weight is 412 g/mol. The number of nitrogens with two attached hydrogens (primary N) is 1. The predicted octanol–water partition coefficient (Wildman–Crippen LogP) is 0.871. The number of aliphatic carboxylic acids is 1. The van der Waals surface area contributed by atoms with Gasteiger partial charge in [-0.15, -0.1) is 0 Å². The third-order valence-electron chi connectivity index (χ3n) is 4.60. The molecule has 30 heavy (non-hydrogen) atoms. The minimum absolute atomic E-state index is 0.0767. The lowest BCUT2D eigenvalue weighted by molar-refractivity contribution is -0.156. The number of rotatable bonds is 10. The fourth-order valence-electron chi connectivity index (χ4n) is 3.05. The van der Waals surface area contributed by atoms with Gasteiger partial charge >= 0.3 is 11.9 Å². The summed E-state index contributed by atoms with van der Waals surface area (Å²) in [6.07, 6.45) is -0.929. The van der Waals surface area contributed by atoms with Crippen molar-refractivity contribution in [3.8, 4) is 0 Å². The number of carbonyl (C=O) groups is 4. The second kappa shape index (κ2) is 10.3. The van der Waals surface area contributed by atoms with Crippen LogP contribution in [0.5, 0.6) is 0 Å². The van der Waals surface area contributed by atoms with Crippen molar-refractivity contribution in [3.63, 3.8) is 0 Å². The molecule has 8 heteroatoms. The Labute approximate surface area is 174 Å². The second-order valence-corrected chi connectivity index (χ2v) is 6.84. The molecule has 0 unspecified atom stereocenters. The number of Topliss-reactive ketones (excluding diaryl/α,β-unsaturated/α-hetero) is 1. The topological polar surface area (TPSA) is 136 Å². The molecule has 2 aromatic rings. The second-order valence-electron chi connectivity index (χ2n) is 6.84. The van der Waals surface area contributed by atoms with Crippen molar-refractivity contribution in [1.82, 2.24) is 5.32 Å². The van der Waals surface area contributed by atoms with E-state index < -0.39 is 41.6 Å². The summed E-state index contributed by atoms with van der Waals surface area (Å²) in [4.78, 5) is 49.8. The van der Waals surface area contributed by atoms with Crippen LogP contribution in [0.4, 0.5) is 0 Å². The van der Waals surface area contributed by atoms with Crippen LogP contribution >= 0.6 is 0 Å². The zero-order valence-electron chi connectivity index (χ0n) is 16.5. The molecule has 0 saturated heterocycles. The maximum Gasteiger partial charge on any atom is 0.339 e. The van der Waals surface area contributed by atoms with E-state index in [1.807, 2.05) is 0 Å². The number of carbonyl (C=O) groups excluding carboxylic acids is 3. The van der Waals surface area contributed by atoms with Gasteiger partial charge in [-0.05, 0) is 11.1 Å². The van der Waals surface area contributed by atoms with Crippen LogP contribution in [0, 0.1) is 0 Å². The number of hydrogen-bond acceptors (Lipinski definition) is 6. The Bertz CT molecular complexity index is 900. The summed E-state index contributed by atoms with van der Waals surface area (Å²) in [6, 6.07) is 15.8. The summed E-state index contributed by atoms with van der Waals surface area (Å²) in [5, 5.41) is 11.6. The molecule has 2 atom stereocenters. The van der Waals surface area contributed by atoms with Gasteiger partial charge in [-0.25, -0.2) is 4.79 Å². The van der Waals surface area contributed by atoms with Gasteiger partial charge in [0.25, 0.3) is 0 Å². The summed E-state index contributed by atoms with van der Waals surface area (Å²) < 4.78 is 4.84. The van der Waals surface area contributed by atoms with Crippen molar-refractivity contribution >= 4 is 23.6 Å². The standard InChI is InChI=1S/C22H24N2O6/c1-30-21(29)22(14-16-10-6-3-7-11-16,18(25)13-17(23)20(27)28)24-19(26)12-15-8-4-2-5-9-15/h2-11,17H,12-14,23H2,1H3,(H,24,26)(H,27,28)/t17-,22+/m0/s1. The van der Waals surface area contributed by atoms with Gasteiger partial charge in [-0.2, -0.15) is 0 Å². The van der Waals surface area contributed by atoms with Gasteiger partial charge in [-0.3, -0.25) is 14.4 Å².